The summed E-state index contributed by atoms with van der Waals surface area (Å²) in [6.45, 7) is 2.86. The minimum Gasteiger partial charge on any atom is -0.394 e. The molecule has 0 aromatic heterocycles. The molecule has 0 radical (unpaired) electrons. The number of carbonyl (C=O) groups is 1. The highest BCUT2D eigenvalue weighted by atomic mass is 16.7. The third-order valence-electron chi connectivity index (χ3n) is 20.8. The molecule has 2 aliphatic rings. The molecule has 0 aliphatic carbocycles. The van der Waals surface area contributed by atoms with Gasteiger partial charge in [-0.2, -0.15) is 0 Å². The van der Waals surface area contributed by atoms with E-state index in [0.717, 1.165) is 44.9 Å². The number of amides is 1. The molecule has 14 nitrogen and oxygen atoms in total. The lowest BCUT2D eigenvalue weighted by molar-refractivity contribution is -0.359. The van der Waals surface area contributed by atoms with Crippen LogP contribution in [0.1, 0.15) is 399 Å². The minimum absolute atomic E-state index is 0.231. The van der Waals surface area contributed by atoms with Crippen molar-refractivity contribution in [2.45, 2.75) is 473 Å². The van der Waals surface area contributed by atoms with Crippen LogP contribution in [0.2, 0.25) is 0 Å². The summed E-state index contributed by atoms with van der Waals surface area (Å²) in [7, 11) is 0. The van der Waals surface area contributed by atoms with Crippen LogP contribution in [-0.2, 0) is 23.7 Å². The van der Waals surface area contributed by atoms with Gasteiger partial charge in [-0.3, -0.25) is 4.79 Å². The average Bonchev–Trinajstić information content (AvgIpc) is 0.793. The van der Waals surface area contributed by atoms with Crippen molar-refractivity contribution in [1.82, 2.24) is 5.32 Å². The first-order valence-corrected chi connectivity index (χ1v) is 42.2. The van der Waals surface area contributed by atoms with Gasteiger partial charge in [0.15, 0.2) is 12.6 Å². The number of hydrogen-bond donors (Lipinski definition) is 9. The van der Waals surface area contributed by atoms with E-state index in [0.29, 0.717) is 6.42 Å². The van der Waals surface area contributed by atoms with Crippen LogP contribution >= 0.6 is 0 Å². The second-order valence-electron chi connectivity index (χ2n) is 30.0. The van der Waals surface area contributed by atoms with Crippen molar-refractivity contribution in [2.24, 2.45) is 0 Å². The highest BCUT2D eigenvalue weighted by Crippen LogP contribution is 2.30. The van der Waals surface area contributed by atoms with E-state index in [-0.39, 0.29) is 18.9 Å². The standard InChI is InChI=1S/C84H159NO13/c1-3-5-7-9-11-13-15-17-19-21-23-25-27-29-31-33-35-36-38-39-41-43-45-47-49-51-53-55-57-59-61-63-65-67-73(88)72(71-95-83-81(94)79(92)82(75(70-87)97-83)98-84-80(93)78(91)77(90)74(69-86)96-84)85-76(89)68-66-64-62-60-58-56-54-52-50-48-46-44-42-40-37-34-32-30-28-26-24-22-20-18-16-14-12-10-8-6-4-2/h16,18,22,24,65,67,72-75,77-84,86-88,90-94H,3-15,17,19-21,23,25-64,66,68-71H2,1-2H3,(H,85,89)/b18-16-,24-22-,67-65+. The van der Waals surface area contributed by atoms with Crippen LogP contribution in [0.5, 0.6) is 0 Å². The van der Waals surface area contributed by atoms with Crippen molar-refractivity contribution in [3.05, 3.63) is 36.5 Å². The van der Waals surface area contributed by atoms with E-state index in [4.69, 9.17) is 18.9 Å². The first-order chi connectivity index (χ1) is 48.1. The summed E-state index contributed by atoms with van der Waals surface area (Å²) in [5.41, 5.74) is 0. The van der Waals surface area contributed by atoms with Gasteiger partial charge in [0.25, 0.3) is 0 Å². The van der Waals surface area contributed by atoms with Gasteiger partial charge in [-0.05, 0) is 51.4 Å². The van der Waals surface area contributed by atoms with Crippen LogP contribution in [0, 0.1) is 0 Å². The summed E-state index contributed by atoms with van der Waals surface area (Å²) in [6.07, 6.45) is 73.8. The van der Waals surface area contributed by atoms with Crippen LogP contribution in [0.4, 0.5) is 0 Å². The molecule has 2 saturated heterocycles. The summed E-state index contributed by atoms with van der Waals surface area (Å²) < 4.78 is 22.9. The lowest BCUT2D eigenvalue weighted by Gasteiger charge is -2.46. The molecular weight excluding hydrogens is 1230 g/mol. The topological polar surface area (TPSA) is 228 Å². The number of rotatable bonds is 72. The summed E-state index contributed by atoms with van der Waals surface area (Å²) in [5, 5.41) is 87.8. The summed E-state index contributed by atoms with van der Waals surface area (Å²) in [5.74, 6) is -0.231. The third-order valence-corrected chi connectivity index (χ3v) is 20.8. The number of unbranched alkanes of at least 4 members (excludes halogenated alkanes) is 55. The maximum absolute atomic E-state index is 13.4. The Morgan fingerprint density at radius 3 is 1.02 bits per heavy atom. The Kier molecular flexibility index (Phi) is 64.3. The van der Waals surface area contributed by atoms with Crippen LogP contribution in [0.25, 0.3) is 0 Å². The number of ether oxygens (including phenoxy) is 4. The summed E-state index contributed by atoms with van der Waals surface area (Å²) >= 11 is 0. The monoisotopic (exact) mass is 1390 g/mol. The smallest absolute Gasteiger partial charge is 0.220 e. The van der Waals surface area contributed by atoms with Gasteiger partial charge >= 0.3 is 0 Å². The molecule has 0 aromatic rings. The summed E-state index contributed by atoms with van der Waals surface area (Å²) in [6, 6.07) is -0.916. The Labute approximate surface area is 601 Å². The number of carbonyl (C=O) groups excluding carboxylic acids is 1. The van der Waals surface area contributed by atoms with Crippen molar-refractivity contribution in [2.75, 3.05) is 19.8 Å². The highest BCUT2D eigenvalue weighted by Gasteiger charge is 2.51. The molecule has 2 fully saturated rings. The van der Waals surface area contributed by atoms with Gasteiger partial charge < -0.3 is 65.1 Å². The molecule has 2 aliphatic heterocycles. The average molecular weight is 1390 g/mol. The first kappa shape index (κ1) is 92.3. The molecule has 0 spiro atoms. The molecule has 9 N–H and O–H groups in total. The fourth-order valence-corrected chi connectivity index (χ4v) is 14.2. The van der Waals surface area contributed by atoms with Crippen LogP contribution in [0.3, 0.4) is 0 Å². The predicted octanol–water partition coefficient (Wildman–Crippen LogP) is 19.6. The highest BCUT2D eigenvalue weighted by molar-refractivity contribution is 5.76. The molecule has 2 rings (SSSR count). The second kappa shape index (κ2) is 68.3. The predicted molar refractivity (Wildman–Crippen MR) is 406 cm³/mol. The summed E-state index contributed by atoms with van der Waals surface area (Å²) in [4.78, 5) is 13.4. The number of aliphatic hydroxyl groups excluding tert-OH is 8. The van der Waals surface area contributed by atoms with E-state index >= 15 is 0 Å². The van der Waals surface area contributed by atoms with E-state index < -0.39 is 86.8 Å². The fourth-order valence-electron chi connectivity index (χ4n) is 14.2. The van der Waals surface area contributed by atoms with E-state index in [1.165, 1.54) is 327 Å². The Hall–Kier alpha value is -1.79. The zero-order valence-corrected chi connectivity index (χ0v) is 63.6. The molecule has 0 aromatic carbocycles. The molecule has 2 heterocycles. The van der Waals surface area contributed by atoms with Gasteiger partial charge in [0.05, 0.1) is 32.0 Å². The maximum Gasteiger partial charge on any atom is 0.220 e. The van der Waals surface area contributed by atoms with E-state index in [1.54, 1.807) is 6.08 Å². The van der Waals surface area contributed by atoms with Gasteiger partial charge in [-0.1, -0.05) is 378 Å². The second-order valence-corrected chi connectivity index (χ2v) is 30.0. The van der Waals surface area contributed by atoms with Gasteiger partial charge in [0.1, 0.15) is 48.8 Å². The lowest BCUT2D eigenvalue weighted by atomic mass is 9.97. The fraction of sp³-hybridized carbons (Fsp3) is 0.917. The third kappa shape index (κ3) is 50.6. The Morgan fingerprint density at radius 2 is 0.673 bits per heavy atom. The van der Waals surface area contributed by atoms with Crippen molar-refractivity contribution < 1.29 is 64.6 Å². The normalized spacial score (nSPS) is 22.1. The van der Waals surface area contributed by atoms with Crippen molar-refractivity contribution >= 4 is 5.91 Å². The zero-order chi connectivity index (χ0) is 70.8. The number of nitrogens with one attached hydrogen (secondary N) is 1. The molecular formula is C84H159NO13. The van der Waals surface area contributed by atoms with E-state index in [9.17, 15) is 45.6 Å². The molecule has 12 atom stereocenters. The van der Waals surface area contributed by atoms with Crippen molar-refractivity contribution in [3.63, 3.8) is 0 Å². The van der Waals surface area contributed by atoms with Crippen molar-refractivity contribution in [3.8, 4) is 0 Å². The Bertz CT molecular complexity index is 1780. The molecule has 578 valence electrons. The maximum atomic E-state index is 13.4. The Balaban J connectivity index is 1.60. The molecule has 12 unspecified atom stereocenters. The van der Waals surface area contributed by atoms with Gasteiger partial charge in [0, 0.05) is 6.42 Å². The molecule has 98 heavy (non-hydrogen) atoms. The van der Waals surface area contributed by atoms with Crippen LogP contribution in [0.15, 0.2) is 36.5 Å². The lowest BCUT2D eigenvalue weighted by Crippen LogP contribution is -2.65. The van der Waals surface area contributed by atoms with Crippen molar-refractivity contribution in [1.29, 1.82) is 0 Å². The molecule has 0 saturated carbocycles. The van der Waals surface area contributed by atoms with Gasteiger partial charge in [-0.15, -0.1) is 0 Å². The molecule has 0 bridgehead atoms. The number of allylic oxidation sites excluding steroid dienone is 5. The minimum atomic E-state index is -1.79. The largest absolute Gasteiger partial charge is 0.394 e. The van der Waals surface area contributed by atoms with Crippen LogP contribution < -0.4 is 5.32 Å². The quantitative estimate of drug-likeness (QED) is 0.0204. The Morgan fingerprint density at radius 1 is 0.367 bits per heavy atom. The van der Waals surface area contributed by atoms with E-state index in [1.807, 2.05) is 6.08 Å². The number of hydrogen-bond acceptors (Lipinski definition) is 13. The SMILES string of the molecule is CCCCCCC/C=C\C/C=C\CCCCCCCCCCCCCCCCCCCCCC(=O)NC(COC1OC(CO)C(OC2OC(CO)C(O)C(O)C2O)C(O)C1O)C(O)/C=C/CCCCCCCCCCCCCCCCCCCCCCCCCCCCCCCCC. The number of aliphatic hydroxyl groups is 8. The van der Waals surface area contributed by atoms with Gasteiger partial charge in [0.2, 0.25) is 5.91 Å². The first-order valence-electron chi connectivity index (χ1n) is 42.2. The van der Waals surface area contributed by atoms with Crippen LogP contribution in [-0.4, -0.2) is 140 Å². The molecule has 14 heteroatoms. The zero-order valence-electron chi connectivity index (χ0n) is 63.6. The van der Waals surface area contributed by atoms with E-state index in [2.05, 4.69) is 43.5 Å². The van der Waals surface area contributed by atoms with Gasteiger partial charge in [-0.25, -0.2) is 0 Å². The molecule has 1 amide bonds.